The molecule has 0 N–H and O–H groups in total. The molecule has 0 rings (SSSR count). The zero-order valence-electron chi connectivity index (χ0n) is 2.69. The molecule has 0 aromatic rings. The van der Waals surface area contributed by atoms with Crippen molar-refractivity contribution in [2.24, 2.45) is 0 Å². The fourth-order valence-corrected chi connectivity index (χ4v) is 0. The molecule has 0 bridgehead atoms. The van der Waals surface area contributed by atoms with Gasteiger partial charge in [0.05, 0.1) is 0 Å². The van der Waals surface area contributed by atoms with Crippen LogP contribution in [0.15, 0.2) is 0 Å². The zero-order chi connectivity index (χ0) is 3.41. The van der Waals surface area contributed by atoms with Crippen LogP contribution in [0.4, 0.5) is 0 Å². The summed E-state index contributed by atoms with van der Waals surface area (Å²) in [5.74, 6) is 0. The molecule has 0 unspecified atom stereocenters. The Balaban J connectivity index is 1.97. The summed E-state index contributed by atoms with van der Waals surface area (Å²) in [4.78, 5) is 0. The molecule has 1 nitrogen and oxygen atoms in total. The molecule has 0 saturated heterocycles. The van der Waals surface area contributed by atoms with Gasteiger partial charge in [-0.3, -0.25) is 0 Å². The minimum absolute atomic E-state index is 0.736. The summed E-state index contributed by atoms with van der Waals surface area (Å²) in [5, 5.41) is 0. The molecule has 4 heavy (non-hydrogen) atoms. The van der Waals surface area contributed by atoms with Crippen LogP contribution >= 0.6 is 0 Å². The number of methoxy groups -OCH3 is 1. The van der Waals surface area contributed by atoms with Gasteiger partial charge in [-0.25, -0.2) is 0 Å². The van der Waals surface area contributed by atoms with Crippen LogP contribution in [0.1, 0.15) is 0 Å². The van der Waals surface area contributed by atoms with Crippen LogP contribution < -0.4 is 0 Å². The minimum atomic E-state index is 0.736. The summed E-state index contributed by atoms with van der Waals surface area (Å²) in [7, 11) is 1.66. The first-order valence-electron chi connectivity index (χ1n) is 1.11. The van der Waals surface area contributed by atoms with E-state index in [0.29, 0.717) is 0 Å². The van der Waals surface area contributed by atoms with Crippen LogP contribution in [0.25, 0.3) is 0 Å². The first kappa shape index (κ1) is 4.49. The first-order chi connectivity index (χ1) is 1.91. The van der Waals surface area contributed by atoms with Crippen molar-refractivity contribution < 1.29 is 4.74 Å². The van der Waals surface area contributed by atoms with E-state index >= 15 is 0 Å². The topological polar surface area (TPSA) is 9.23 Å². The van der Waals surface area contributed by atoms with E-state index in [-0.39, 0.29) is 0 Å². The average molecular weight is 72.0 g/mol. The number of hydrogen-bond donors (Lipinski definition) is 0. The molecule has 0 heterocycles. The second-order valence-corrected chi connectivity index (χ2v) is 0.789. The quantitative estimate of drug-likeness (QED) is 0.388. The first-order valence-corrected chi connectivity index (χ1v) is 1.92. The fraction of sp³-hybridized carbons (Fsp3) is 1.00. The molecular weight excluding hydrogens is 67.0 g/mol. The molecule has 2 heteroatoms. The molecule has 0 amide bonds. The Kier molecular flexibility index (Phi) is 3.92. The van der Waals surface area contributed by atoms with Gasteiger partial charge in [-0.05, 0) is 0 Å². The van der Waals surface area contributed by atoms with Crippen LogP contribution in [-0.4, -0.2) is 28.9 Å². The van der Waals surface area contributed by atoms with Crippen molar-refractivity contribution >= 4 is 16.3 Å². The van der Waals surface area contributed by atoms with Gasteiger partial charge in [0, 0.05) is 0 Å². The predicted molar refractivity (Wildman–Crippen MR) is 17.6 cm³/mol. The van der Waals surface area contributed by atoms with E-state index in [1.165, 1.54) is 0 Å². The van der Waals surface area contributed by atoms with Gasteiger partial charge in [-0.2, -0.15) is 0 Å². The molecule has 0 radical (unpaired) electrons. The third-order valence-electron chi connectivity index (χ3n) is 0.167. The molecule has 0 saturated carbocycles. The monoisotopic (exact) mass is 72.0 g/mol. The molecule has 0 fully saturated rings. The predicted octanol–water partition coefficient (Wildman–Crippen LogP) is -0.241. The van der Waals surface area contributed by atoms with E-state index in [1.54, 1.807) is 7.11 Å². The molecule has 20 valence electrons. The van der Waals surface area contributed by atoms with Crippen molar-refractivity contribution in [2.75, 3.05) is 12.6 Å². The van der Waals surface area contributed by atoms with Crippen molar-refractivity contribution in [3.05, 3.63) is 0 Å². The fourth-order valence-electron chi connectivity index (χ4n) is 0. The van der Waals surface area contributed by atoms with Gasteiger partial charge >= 0.3 is 33.6 Å². The summed E-state index contributed by atoms with van der Waals surface area (Å²) < 4.78 is 4.50. The maximum absolute atomic E-state index is 4.50. The van der Waals surface area contributed by atoms with Crippen LogP contribution in [0.2, 0.25) is 0 Å². The zero-order valence-corrected chi connectivity index (χ0v) is 3.85. The Hall–Kier alpha value is 0.492. The van der Waals surface area contributed by atoms with Crippen molar-refractivity contribution in [1.29, 1.82) is 0 Å². The second-order valence-electron chi connectivity index (χ2n) is 0.455. The van der Waals surface area contributed by atoms with Crippen molar-refractivity contribution in [3.63, 3.8) is 0 Å². The molecule has 0 spiro atoms. The van der Waals surface area contributed by atoms with Crippen LogP contribution in [-0.2, 0) is 4.74 Å². The Morgan fingerprint density at radius 3 is 2.25 bits per heavy atom. The third kappa shape index (κ3) is 2.49. The number of ether oxygens (including phenoxy) is 1. The van der Waals surface area contributed by atoms with Gasteiger partial charge in [0.1, 0.15) is 0 Å². The molecular formula is C2H5AlO+2. The summed E-state index contributed by atoms with van der Waals surface area (Å²) in [6.45, 7) is 0. The molecule has 0 aromatic carbocycles. The Bertz CT molecular complexity index is 8.00. The van der Waals surface area contributed by atoms with E-state index in [9.17, 15) is 0 Å². The van der Waals surface area contributed by atoms with Gasteiger partial charge in [0.25, 0.3) is 0 Å². The van der Waals surface area contributed by atoms with Gasteiger partial charge in [0.2, 0.25) is 0 Å². The van der Waals surface area contributed by atoms with E-state index in [0.717, 1.165) is 5.47 Å². The maximum atomic E-state index is 4.50. The van der Waals surface area contributed by atoms with E-state index in [1.807, 2.05) is 0 Å². The summed E-state index contributed by atoms with van der Waals surface area (Å²) in [6.07, 6.45) is 0. The second kappa shape index (κ2) is 3.49. The molecule has 0 aliphatic heterocycles. The van der Waals surface area contributed by atoms with E-state index < -0.39 is 0 Å². The summed E-state index contributed by atoms with van der Waals surface area (Å²) in [5.41, 5.74) is 0.736. The van der Waals surface area contributed by atoms with E-state index in [2.05, 4.69) is 21.0 Å². The molecule has 0 aliphatic rings. The molecule has 0 aromatic heterocycles. The summed E-state index contributed by atoms with van der Waals surface area (Å²) in [6, 6.07) is 0. The van der Waals surface area contributed by atoms with Gasteiger partial charge in [-0.15, -0.1) is 0 Å². The van der Waals surface area contributed by atoms with Gasteiger partial charge in [0.15, 0.2) is 0 Å². The van der Waals surface area contributed by atoms with Crippen LogP contribution in [0.5, 0.6) is 0 Å². The van der Waals surface area contributed by atoms with Gasteiger partial charge < -0.3 is 0 Å². The molecule has 0 aliphatic carbocycles. The van der Waals surface area contributed by atoms with Crippen LogP contribution in [0.3, 0.4) is 0 Å². The van der Waals surface area contributed by atoms with E-state index in [4.69, 9.17) is 0 Å². The molecule has 0 atom stereocenters. The van der Waals surface area contributed by atoms with Crippen molar-refractivity contribution in [2.45, 2.75) is 0 Å². The number of rotatable bonds is 1. The van der Waals surface area contributed by atoms with Crippen LogP contribution in [0, 0.1) is 0 Å². The Morgan fingerprint density at radius 2 is 2.25 bits per heavy atom. The Labute approximate surface area is 34.4 Å². The normalized spacial score (nSPS) is 7.75. The third-order valence-corrected chi connectivity index (χ3v) is 0.500. The number of hydrogen-bond acceptors (Lipinski definition) is 1. The SMILES string of the molecule is CO[CH2][Al+2]. The van der Waals surface area contributed by atoms with Gasteiger partial charge in [-0.1, -0.05) is 0 Å². The average Bonchev–Trinajstić information content (AvgIpc) is 1.37. The Morgan fingerprint density at radius 1 is 2.00 bits per heavy atom. The summed E-state index contributed by atoms with van der Waals surface area (Å²) >= 11 is 2.43. The standard InChI is InChI=1S/C2H5O.Al/c1-3-2;/h1H2,2H3;/q;+2. The van der Waals surface area contributed by atoms with Crippen molar-refractivity contribution in [3.8, 4) is 0 Å². The van der Waals surface area contributed by atoms with Crippen molar-refractivity contribution in [1.82, 2.24) is 0 Å².